The molecule has 0 unspecified atom stereocenters. The van der Waals surface area contributed by atoms with E-state index in [4.69, 9.17) is 20.6 Å². The first-order valence-electron chi connectivity index (χ1n) is 12.1. The minimum absolute atomic E-state index is 0. The summed E-state index contributed by atoms with van der Waals surface area (Å²) in [7, 11) is 0. The molecule has 5 aromatic rings. The van der Waals surface area contributed by atoms with Gasteiger partial charge in [0.1, 0.15) is 17.1 Å². The van der Waals surface area contributed by atoms with Gasteiger partial charge in [0, 0.05) is 51.5 Å². The third-order valence-corrected chi connectivity index (χ3v) is 7.42. The Morgan fingerprint density at radius 3 is 2.53 bits per heavy atom. The number of halogens is 1. The van der Waals surface area contributed by atoms with Crippen LogP contribution in [-0.4, -0.2) is 74.9 Å². The van der Waals surface area contributed by atoms with Crippen LogP contribution >= 0.6 is 23.7 Å². The van der Waals surface area contributed by atoms with Gasteiger partial charge in [-0.1, -0.05) is 11.3 Å². The number of hydrogen-bond acceptors (Lipinski definition) is 11. The molecule has 1 aliphatic rings. The van der Waals surface area contributed by atoms with Gasteiger partial charge in [-0.2, -0.15) is 9.50 Å². The highest BCUT2D eigenvalue weighted by Gasteiger charge is 2.21. The molecule has 12 nitrogen and oxygen atoms in total. The zero-order valence-electron chi connectivity index (χ0n) is 20.5. The Balaban J connectivity index is 0.00000294. The normalized spacial score (nSPS) is 14.3. The fraction of sp³-hybridized carbons (Fsp3) is 0.333. The van der Waals surface area contributed by atoms with Gasteiger partial charge in [-0.3, -0.25) is 14.3 Å². The Hall–Kier alpha value is -3.65. The molecule has 1 aromatic carbocycles. The fourth-order valence-corrected chi connectivity index (χ4v) is 5.47. The van der Waals surface area contributed by atoms with E-state index in [0.29, 0.717) is 47.3 Å². The maximum atomic E-state index is 12.9. The highest BCUT2D eigenvalue weighted by Crippen LogP contribution is 2.26. The number of anilines is 2. The average molecular weight is 558 g/mol. The third kappa shape index (κ3) is 4.92. The van der Waals surface area contributed by atoms with Crippen LogP contribution < -0.4 is 26.0 Å². The van der Waals surface area contributed by atoms with Gasteiger partial charge >= 0.3 is 4.87 Å². The van der Waals surface area contributed by atoms with Crippen molar-refractivity contribution in [2.75, 3.05) is 56.5 Å². The van der Waals surface area contributed by atoms with Gasteiger partial charge in [0.15, 0.2) is 17.1 Å². The van der Waals surface area contributed by atoms with Gasteiger partial charge in [-0.25, -0.2) is 4.98 Å². The third-order valence-electron chi connectivity index (χ3n) is 6.46. The van der Waals surface area contributed by atoms with Crippen molar-refractivity contribution >= 4 is 51.4 Å². The molecular formula is C24H28ClN9O3S. The van der Waals surface area contributed by atoms with Crippen LogP contribution in [0, 0.1) is 0 Å². The first-order valence-corrected chi connectivity index (χ1v) is 12.9. The van der Waals surface area contributed by atoms with Crippen LogP contribution in [0.2, 0.25) is 0 Å². The van der Waals surface area contributed by atoms with E-state index >= 15 is 0 Å². The second kappa shape index (κ2) is 11.0. The minimum atomic E-state index is -0.0897. The highest BCUT2D eigenvalue weighted by atomic mass is 35.5. The van der Waals surface area contributed by atoms with Crippen molar-refractivity contribution in [3.63, 3.8) is 0 Å². The second-order valence-electron chi connectivity index (χ2n) is 8.75. The van der Waals surface area contributed by atoms with Gasteiger partial charge in [-0.05, 0) is 36.4 Å². The summed E-state index contributed by atoms with van der Waals surface area (Å²) in [4.78, 5) is 26.6. The highest BCUT2D eigenvalue weighted by molar-refractivity contribution is 7.17. The Labute approximate surface area is 227 Å². The molecule has 6 rings (SSSR count). The lowest BCUT2D eigenvalue weighted by molar-refractivity contribution is 0.248. The van der Waals surface area contributed by atoms with Crippen molar-refractivity contribution in [2.45, 2.75) is 6.54 Å². The summed E-state index contributed by atoms with van der Waals surface area (Å²) in [5.74, 6) is 1.93. The smallest absolute Gasteiger partial charge is 0.309 e. The van der Waals surface area contributed by atoms with Crippen LogP contribution in [0.25, 0.3) is 27.6 Å². The van der Waals surface area contributed by atoms with Crippen molar-refractivity contribution < 1.29 is 9.15 Å². The number of nitrogens with two attached hydrogens (primary N) is 2. The maximum absolute atomic E-state index is 12.9. The summed E-state index contributed by atoms with van der Waals surface area (Å²) in [6.45, 7) is 5.89. The van der Waals surface area contributed by atoms with Crippen LogP contribution in [0.3, 0.4) is 0 Å². The molecule has 0 spiro atoms. The molecule has 1 fully saturated rings. The second-order valence-corrected chi connectivity index (χ2v) is 9.71. The molecule has 1 saturated heterocycles. The molecule has 1 aliphatic heterocycles. The van der Waals surface area contributed by atoms with Gasteiger partial charge in [-0.15, -0.1) is 17.5 Å². The van der Waals surface area contributed by atoms with E-state index in [1.54, 1.807) is 23.0 Å². The molecule has 0 amide bonds. The lowest BCUT2D eigenvalue weighted by Crippen LogP contribution is -2.47. The molecule has 14 heteroatoms. The van der Waals surface area contributed by atoms with Crippen molar-refractivity contribution in [2.24, 2.45) is 5.73 Å². The SMILES string of the molecule is Cl.NCCOc1ccc(N2CCN(CCn3c(=O)sc4c3nc(N)n3nc(-c5ccco5)nc43)CC2)cc1. The van der Waals surface area contributed by atoms with Crippen LogP contribution in [0.5, 0.6) is 5.75 Å². The number of hydrogen-bond donors (Lipinski definition) is 2. The number of furan rings is 1. The van der Waals surface area contributed by atoms with Crippen molar-refractivity contribution in [1.82, 2.24) is 29.0 Å². The first kappa shape index (κ1) is 26.0. The molecule has 4 N–H and O–H groups in total. The molecule has 0 atom stereocenters. The number of rotatable bonds is 8. The standard InChI is InChI=1S/C24H27N9O3S.ClH/c25-7-15-35-17-5-3-16(4-6-17)31-11-8-30(9-12-31)10-13-32-21-19(37-24(32)34)22-27-20(18-2-1-14-36-18)29-33(22)23(26)28-21;/h1-6,14H,7-13,15,25H2,(H2,26,28);1H. The zero-order valence-corrected chi connectivity index (χ0v) is 22.2. The Kier molecular flexibility index (Phi) is 7.51. The summed E-state index contributed by atoms with van der Waals surface area (Å²) < 4.78 is 14.8. The van der Waals surface area contributed by atoms with Gasteiger partial charge in [0.25, 0.3) is 0 Å². The van der Waals surface area contributed by atoms with Crippen LogP contribution in [-0.2, 0) is 6.54 Å². The number of thiazole rings is 1. The lowest BCUT2D eigenvalue weighted by atomic mass is 10.2. The number of nitrogen functional groups attached to an aromatic ring is 1. The molecule has 0 saturated carbocycles. The summed E-state index contributed by atoms with van der Waals surface area (Å²) in [6, 6.07) is 11.7. The van der Waals surface area contributed by atoms with E-state index in [2.05, 4.69) is 37.0 Å². The molecule has 38 heavy (non-hydrogen) atoms. The van der Waals surface area contributed by atoms with Crippen LogP contribution in [0.1, 0.15) is 0 Å². The zero-order chi connectivity index (χ0) is 25.4. The van der Waals surface area contributed by atoms with Crippen molar-refractivity contribution in [3.05, 3.63) is 52.3 Å². The first-order chi connectivity index (χ1) is 18.1. The summed E-state index contributed by atoms with van der Waals surface area (Å²) in [5, 5.41) is 4.41. The van der Waals surface area contributed by atoms with E-state index in [9.17, 15) is 4.79 Å². The quantitative estimate of drug-likeness (QED) is 0.290. The molecule has 0 radical (unpaired) electrons. The maximum Gasteiger partial charge on any atom is 0.309 e. The molecule has 5 heterocycles. The van der Waals surface area contributed by atoms with E-state index in [0.717, 1.165) is 49.8 Å². The number of ether oxygens (including phenoxy) is 1. The molecular weight excluding hydrogens is 530 g/mol. The summed E-state index contributed by atoms with van der Waals surface area (Å²) in [5.41, 5.74) is 13.9. The van der Waals surface area contributed by atoms with E-state index in [-0.39, 0.29) is 23.2 Å². The van der Waals surface area contributed by atoms with Crippen LogP contribution in [0.4, 0.5) is 11.6 Å². The number of fused-ring (bicyclic) bond motifs is 3. The molecule has 0 aliphatic carbocycles. The Morgan fingerprint density at radius 1 is 1.03 bits per heavy atom. The fourth-order valence-electron chi connectivity index (χ4n) is 4.54. The molecule has 200 valence electrons. The predicted octanol–water partition coefficient (Wildman–Crippen LogP) is 1.92. The van der Waals surface area contributed by atoms with Gasteiger partial charge < -0.3 is 25.5 Å². The lowest BCUT2D eigenvalue weighted by Gasteiger charge is -2.36. The Bertz CT molecular complexity index is 1570. The van der Waals surface area contributed by atoms with E-state index < -0.39 is 0 Å². The van der Waals surface area contributed by atoms with E-state index in [1.165, 1.54) is 10.2 Å². The van der Waals surface area contributed by atoms with Gasteiger partial charge in [0.2, 0.25) is 11.8 Å². The Morgan fingerprint density at radius 2 is 1.82 bits per heavy atom. The number of nitrogens with zero attached hydrogens (tertiary/aromatic N) is 7. The number of benzene rings is 1. The minimum Gasteiger partial charge on any atom is -0.492 e. The average Bonchev–Trinajstić information content (AvgIpc) is 3.66. The topological polar surface area (TPSA) is 146 Å². The largest absolute Gasteiger partial charge is 0.492 e. The van der Waals surface area contributed by atoms with Crippen molar-refractivity contribution in [3.8, 4) is 17.3 Å². The molecule has 4 aromatic heterocycles. The van der Waals surface area contributed by atoms with Crippen LogP contribution in [0.15, 0.2) is 51.9 Å². The number of aromatic nitrogens is 5. The summed E-state index contributed by atoms with van der Waals surface area (Å²) >= 11 is 1.11. The van der Waals surface area contributed by atoms with Gasteiger partial charge in [0.05, 0.1) is 6.26 Å². The van der Waals surface area contributed by atoms with Crippen molar-refractivity contribution in [1.29, 1.82) is 0 Å². The monoisotopic (exact) mass is 557 g/mol. The predicted molar refractivity (Wildman–Crippen MR) is 149 cm³/mol. The summed E-state index contributed by atoms with van der Waals surface area (Å²) in [6.07, 6.45) is 1.56. The van der Waals surface area contributed by atoms with E-state index in [1.807, 2.05) is 12.1 Å². The number of piperazine rings is 1. The molecule has 0 bridgehead atoms.